The molecule has 0 aliphatic carbocycles. The summed E-state index contributed by atoms with van der Waals surface area (Å²) in [5.41, 5.74) is 1.17. The van der Waals surface area contributed by atoms with Crippen LogP contribution < -0.4 is 10.6 Å². The van der Waals surface area contributed by atoms with Gasteiger partial charge < -0.3 is 15.5 Å². The Hall–Kier alpha value is -2.41. The van der Waals surface area contributed by atoms with E-state index < -0.39 is 0 Å². The molecule has 0 spiro atoms. The molecule has 0 heterocycles. The van der Waals surface area contributed by atoms with Crippen LogP contribution in [0.3, 0.4) is 0 Å². The molecule has 1 rings (SSSR count). The second kappa shape index (κ2) is 9.78. The topological polar surface area (TPSA) is 81.8 Å². The van der Waals surface area contributed by atoms with Crippen molar-refractivity contribution in [2.24, 2.45) is 0 Å². The van der Waals surface area contributed by atoms with Gasteiger partial charge in [0.15, 0.2) is 0 Å². The van der Waals surface area contributed by atoms with Crippen molar-refractivity contribution in [3.63, 3.8) is 0 Å². The van der Waals surface area contributed by atoms with Gasteiger partial charge in [0.05, 0.1) is 13.1 Å². The molecule has 1 aromatic carbocycles. The maximum Gasteiger partial charge on any atom is 0.253 e. The zero-order valence-corrected chi connectivity index (χ0v) is 15.6. The van der Waals surface area contributed by atoms with Gasteiger partial charge in [0, 0.05) is 31.4 Å². The standard InChI is InChI=1S/C18H28N4O3/c1-6-22(11-16(23)19-13(2)3)12-17(24)20-15-9-7-14(8-10-15)18(25)21(4)5/h7-10,13H,6,11-12H2,1-5H3,(H,19,23)(H,20,24). The van der Waals surface area contributed by atoms with Crippen molar-refractivity contribution < 1.29 is 14.4 Å². The number of hydrogen-bond acceptors (Lipinski definition) is 4. The van der Waals surface area contributed by atoms with Gasteiger partial charge in [0.1, 0.15) is 0 Å². The Bertz CT molecular complexity index is 597. The molecular weight excluding hydrogens is 320 g/mol. The van der Waals surface area contributed by atoms with Crippen molar-refractivity contribution in [3.8, 4) is 0 Å². The van der Waals surface area contributed by atoms with Crippen LogP contribution in [0.5, 0.6) is 0 Å². The van der Waals surface area contributed by atoms with E-state index in [1.54, 1.807) is 43.3 Å². The SMILES string of the molecule is CCN(CC(=O)Nc1ccc(C(=O)N(C)C)cc1)CC(=O)NC(C)C. The number of anilines is 1. The molecule has 0 atom stereocenters. The number of hydrogen-bond donors (Lipinski definition) is 2. The van der Waals surface area contributed by atoms with Crippen LogP contribution in [-0.2, 0) is 9.59 Å². The Morgan fingerprint density at radius 1 is 1.00 bits per heavy atom. The Labute approximate surface area is 149 Å². The number of nitrogens with one attached hydrogen (secondary N) is 2. The molecule has 0 saturated carbocycles. The van der Waals surface area contributed by atoms with Crippen molar-refractivity contribution >= 4 is 23.4 Å². The molecule has 0 unspecified atom stereocenters. The van der Waals surface area contributed by atoms with E-state index in [0.29, 0.717) is 17.8 Å². The molecule has 1 aromatic rings. The summed E-state index contributed by atoms with van der Waals surface area (Å²) in [6.45, 7) is 6.59. The second-order valence-corrected chi connectivity index (χ2v) is 6.35. The molecule has 0 aromatic heterocycles. The molecule has 138 valence electrons. The number of benzene rings is 1. The summed E-state index contributed by atoms with van der Waals surface area (Å²) in [5, 5.41) is 5.59. The highest BCUT2D eigenvalue weighted by Crippen LogP contribution is 2.11. The highest BCUT2D eigenvalue weighted by Gasteiger charge is 2.14. The highest BCUT2D eigenvalue weighted by atomic mass is 16.2. The molecule has 3 amide bonds. The third-order valence-electron chi connectivity index (χ3n) is 3.45. The van der Waals surface area contributed by atoms with Crippen LogP contribution >= 0.6 is 0 Å². The summed E-state index contributed by atoms with van der Waals surface area (Å²) in [6, 6.07) is 6.80. The van der Waals surface area contributed by atoms with Gasteiger partial charge in [-0.1, -0.05) is 6.92 Å². The number of amides is 3. The van der Waals surface area contributed by atoms with Crippen molar-refractivity contribution in [3.05, 3.63) is 29.8 Å². The van der Waals surface area contributed by atoms with E-state index in [4.69, 9.17) is 0 Å². The van der Waals surface area contributed by atoms with Crippen molar-refractivity contribution in [1.82, 2.24) is 15.1 Å². The Balaban J connectivity index is 2.57. The molecular formula is C18H28N4O3. The molecule has 0 bridgehead atoms. The number of carbonyl (C=O) groups is 3. The van der Waals surface area contributed by atoms with Gasteiger partial charge in [-0.05, 0) is 44.7 Å². The smallest absolute Gasteiger partial charge is 0.253 e. The molecule has 25 heavy (non-hydrogen) atoms. The largest absolute Gasteiger partial charge is 0.353 e. The number of rotatable bonds is 8. The molecule has 0 aliphatic heterocycles. The van der Waals surface area contributed by atoms with E-state index in [0.717, 1.165) is 0 Å². The van der Waals surface area contributed by atoms with Crippen molar-refractivity contribution in [1.29, 1.82) is 0 Å². The maximum atomic E-state index is 12.2. The fourth-order valence-corrected chi connectivity index (χ4v) is 2.21. The van der Waals surface area contributed by atoms with E-state index in [2.05, 4.69) is 10.6 Å². The molecule has 0 fully saturated rings. The lowest BCUT2D eigenvalue weighted by atomic mass is 10.2. The molecule has 0 saturated heterocycles. The van der Waals surface area contributed by atoms with E-state index in [1.165, 1.54) is 4.90 Å². The van der Waals surface area contributed by atoms with Gasteiger partial charge in [-0.2, -0.15) is 0 Å². The Kier molecular flexibility index (Phi) is 8.07. The average Bonchev–Trinajstić information content (AvgIpc) is 2.53. The molecule has 0 radical (unpaired) electrons. The number of carbonyl (C=O) groups excluding carboxylic acids is 3. The van der Waals surface area contributed by atoms with Gasteiger partial charge >= 0.3 is 0 Å². The Morgan fingerprint density at radius 3 is 2.04 bits per heavy atom. The van der Waals surface area contributed by atoms with Crippen LogP contribution in [0.25, 0.3) is 0 Å². The van der Waals surface area contributed by atoms with Crippen LogP contribution in [0, 0.1) is 0 Å². The molecule has 7 heteroatoms. The van der Waals surface area contributed by atoms with Crippen LogP contribution in [0.4, 0.5) is 5.69 Å². The van der Waals surface area contributed by atoms with E-state index in [-0.39, 0.29) is 36.9 Å². The van der Waals surface area contributed by atoms with Gasteiger partial charge in [0.2, 0.25) is 11.8 Å². The van der Waals surface area contributed by atoms with Gasteiger partial charge in [-0.15, -0.1) is 0 Å². The monoisotopic (exact) mass is 348 g/mol. The fourth-order valence-electron chi connectivity index (χ4n) is 2.21. The minimum Gasteiger partial charge on any atom is -0.353 e. The molecule has 2 N–H and O–H groups in total. The van der Waals surface area contributed by atoms with Crippen LogP contribution in [0.1, 0.15) is 31.1 Å². The lowest BCUT2D eigenvalue weighted by Crippen LogP contribution is -2.42. The van der Waals surface area contributed by atoms with Gasteiger partial charge in [-0.25, -0.2) is 0 Å². The third kappa shape index (κ3) is 7.34. The average molecular weight is 348 g/mol. The summed E-state index contributed by atoms with van der Waals surface area (Å²) >= 11 is 0. The summed E-state index contributed by atoms with van der Waals surface area (Å²) in [4.78, 5) is 39.0. The van der Waals surface area contributed by atoms with Crippen molar-refractivity contribution in [2.45, 2.75) is 26.8 Å². The van der Waals surface area contributed by atoms with Gasteiger partial charge in [0.25, 0.3) is 5.91 Å². The second-order valence-electron chi connectivity index (χ2n) is 6.35. The van der Waals surface area contributed by atoms with E-state index >= 15 is 0 Å². The number of likely N-dealkylation sites (N-methyl/N-ethyl adjacent to an activating group) is 1. The summed E-state index contributed by atoms with van der Waals surface area (Å²) in [6.07, 6.45) is 0. The van der Waals surface area contributed by atoms with Crippen molar-refractivity contribution in [2.75, 3.05) is 39.0 Å². The first-order chi connectivity index (χ1) is 11.7. The van der Waals surface area contributed by atoms with Crippen LogP contribution in [0.2, 0.25) is 0 Å². The first kappa shape index (κ1) is 20.6. The lowest BCUT2D eigenvalue weighted by molar-refractivity contribution is -0.123. The quantitative estimate of drug-likeness (QED) is 0.739. The third-order valence-corrected chi connectivity index (χ3v) is 3.45. The highest BCUT2D eigenvalue weighted by molar-refractivity contribution is 5.96. The summed E-state index contributed by atoms with van der Waals surface area (Å²) in [5.74, 6) is -0.395. The molecule has 0 aliphatic rings. The van der Waals surface area contributed by atoms with E-state index in [1.807, 2.05) is 20.8 Å². The predicted octanol–water partition coefficient (Wildman–Crippen LogP) is 1.17. The zero-order chi connectivity index (χ0) is 19.0. The first-order valence-electron chi connectivity index (χ1n) is 8.36. The Morgan fingerprint density at radius 2 is 1.56 bits per heavy atom. The normalized spacial score (nSPS) is 10.7. The minimum atomic E-state index is -0.203. The maximum absolute atomic E-state index is 12.2. The minimum absolute atomic E-state index is 0.0726. The van der Waals surface area contributed by atoms with E-state index in [9.17, 15) is 14.4 Å². The summed E-state index contributed by atoms with van der Waals surface area (Å²) in [7, 11) is 3.37. The van der Waals surface area contributed by atoms with Crippen LogP contribution in [-0.4, -0.2) is 67.3 Å². The number of nitrogens with zero attached hydrogens (tertiary/aromatic N) is 2. The van der Waals surface area contributed by atoms with Gasteiger partial charge in [-0.3, -0.25) is 19.3 Å². The first-order valence-corrected chi connectivity index (χ1v) is 8.36. The fraction of sp³-hybridized carbons (Fsp3) is 0.500. The molecule has 7 nitrogen and oxygen atoms in total. The summed E-state index contributed by atoms with van der Waals surface area (Å²) < 4.78 is 0. The van der Waals surface area contributed by atoms with Crippen LogP contribution in [0.15, 0.2) is 24.3 Å². The lowest BCUT2D eigenvalue weighted by Gasteiger charge is -2.20. The zero-order valence-electron chi connectivity index (χ0n) is 15.6. The predicted molar refractivity (Wildman–Crippen MR) is 98.5 cm³/mol.